The van der Waals surface area contributed by atoms with E-state index in [1.807, 2.05) is 25.1 Å². The number of rotatable bonds is 3. The lowest BCUT2D eigenvalue weighted by atomic mass is 10.1. The van der Waals surface area contributed by atoms with Crippen LogP contribution in [-0.4, -0.2) is 4.99 Å². The number of nitrogens with two attached hydrogens (primary N) is 1. The Kier molecular flexibility index (Phi) is 4.78. The first-order valence-electron chi connectivity index (χ1n) is 5.71. The van der Waals surface area contributed by atoms with Gasteiger partial charge in [-0.3, -0.25) is 0 Å². The summed E-state index contributed by atoms with van der Waals surface area (Å²) < 4.78 is 15.5. The quantitative estimate of drug-likeness (QED) is 0.687. The Hall–Kier alpha value is -0.980. The van der Waals surface area contributed by atoms with Crippen LogP contribution in [0.1, 0.15) is 11.1 Å². The van der Waals surface area contributed by atoms with Crippen LogP contribution in [-0.2, 0) is 0 Å². The van der Waals surface area contributed by atoms with Crippen molar-refractivity contribution in [3.05, 3.63) is 56.2 Å². The van der Waals surface area contributed by atoms with Crippen LogP contribution in [0.2, 0.25) is 0 Å². The summed E-state index contributed by atoms with van der Waals surface area (Å²) in [5.74, 6) is -0.424. The number of hydrogen-bond acceptors (Lipinski definition) is 2. The van der Waals surface area contributed by atoms with E-state index in [0.29, 0.717) is 11.3 Å². The highest BCUT2D eigenvalue weighted by Gasteiger charge is 2.13. The minimum absolute atomic E-state index is 0.153. The minimum atomic E-state index is -0.424. The van der Waals surface area contributed by atoms with Gasteiger partial charge in [0, 0.05) is 15.7 Å². The number of aryl methyl sites for hydroxylation is 1. The molecule has 0 aliphatic carbocycles. The molecule has 104 valence electrons. The van der Waals surface area contributed by atoms with Crippen LogP contribution in [0.3, 0.4) is 0 Å². The van der Waals surface area contributed by atoms with Crippen LogP contribution in [0.15, 0.2) is 39.3 Å². The first-order chi connectivity index (χ1) is 9.40. The topological polar surface area (TPSA) is 38.0 Å². The van der Waals surface area contributed by atoms with Crippen molar-refractivity contribution in [3.63, 3.8) is 0 Å². The summed E-state index contributed by atoms with van der Waals surface area (Å²) in [6, 6.07) is 9.02. The van der Waals surface area contributed by atoms with E-state index in [9.17, 15) is 4.39 Å². The van der Waals surface area contributed by atoms with Crippen molar-refractivity contribution in [3.8, 4) is 0 Å². The smallest absolute Gasteiger partial charge is 0.161 e. The zero-order valence-corrected chi connectivity index (χ0v) is 14.5. The van der Waals surface area contributed by atoms with Gasteiger partial charge in [0.15, 0.2) is 5.82 Å². The molecule has 2 rings (SSSR count). The van der Waals surface area contributed by atoms with E-state index in [1.54, 1.807) is 12.1 Å². The van der Waals surface area contributed by atoms with Crippen LogP contribution >= 0.6 is 44.1 Å². The average Bonchev–Trinajstić information content (AvgIpc) is 2.39. The maximum absolute atomic E-state index is 14.3. The van der Waals surface area contributed by atoms with E-state index in [-0.39, 0.29) is 9.46 Å². The highest BCUT2D eigenvalue weighted by molar-refractivity contribution is 9.10. The van der Waals surface area contributed by atoms with Gasteiger partial charge in [-0.2, -0.15) is 0 Å². The Morgan fingerprint density at radius 2 is 1.95 bits per heavy atom. The fourth-order valence-corrected chi connectivity index (χ4v) is 2.90. The van der Waals surface area contributed by atoms with Gasteiger partial charge in [0.2, 0.25) is 0 Å². The summed E-state index contributed by atoms with van der Waals surface area (Å²) in [6.45, 7) is 1.99. The van der Waals surface area contributed by atoms with Crippen molar-refractivity contribution >= 4 is 60.4 Å². The number of hydrogen-bond donors (Lipinski definition) is 2. The van der Waals surface area contributed by atoms with Crippen molar-refractivity contribution in [2.24, 2.45) is 5.73 Å². The zero-order valence-electron chi connectivity index (χ0n) is 10.5. The standard InChI is InChI=1S/C14H11Br2FN2S/c1-7-2-3-8(6-10(7)15)19-11-5-4-9(14(18)20)12(16)13(11)17/h2-6,19H,1H3,(H2,18,20). The van der Waals surface area contributed by atoms with Gasteiger partial charge in [0.25, 0.3) is 0 Å². The van der Waals surface area contributed by atoms with E-state index in [0.717, 1.165) is 15.7 Å². The third-order valence-electron chi connectivity index (χ3n) is 2.80. The van der Waals surface area contributed by atoms with E-state index in [2.05, 4.69) is 37.2 Å². The third-order valence-corrected chi connectivity index (χ3v) is 4.65. The van der Waals surface area contributed by atoms with Crippen molar-refractivity contribution in [1.82, 2.24) is 0 Å². The van der Waals surface area contributed by atoms with Crippen LogP contribution in [0.4, 0.5) is 15.8 Å². The Bertz CT molecular complexity index is 689. The van der Waals surface area contributed by atoms with Crippen LogP contribution in [0.25, 0.3) is 0 Å². The lowest BCUT2D eigenvalue weighted by Gasteiger charge is -2.12. The average molecular weight is 418 g/mol. The zero-order chi connectivity index (χ0) is 14.9. The molecule has 0 radical (unpaired) electrons. The van der Waals surface area contributed by atoms with E-state index in [1.165, 1.54) is 0 Å². The first-order valence-corrected chi connectivity index (χ1v) is 7.70. The Labute approximate surface area is 138 Å². The molecular weight excluding hydrogens is 407 g/mol. The summed E-state index contributed by atoms with van der Waals surface area (Å²) in [7, 11) is 0. The second kappa shape index (κ2) is 6.20. The lowest BCUT2D eigenvalue weighted by molar-refractivity contribution is 0.625. The van der Waals surface area contributed by atoms with Crippen molar-refractivity contribution in [2.45, 2.75) is 6.92 Å². The highest BCUT2D eigenvalue weighted by Crippen LogP contribution is 2.30. The molecule has 0 saturated heterocycles. The molecule has 0 saturated carbocycles. The fraction of sp³-hybridized carbons (Fsp3) is 0.0714. The fourth-order valence-electron chi connectivity index (χ4n) is 1.66. The Morgan fingerprint density at radius 3 is 2.55 bits per heavy atom. The maximum atomic E-state index is 14.3. The molecular formula is C14H11Br2FN2S. The Morgan fingerprint density at radius 1 is 1.25 bits per heavy atom. The van der Waals surface area contributed by atoms with Gasteiger partial charge in [-0.15, -0.1) is 0 Å². The SMILES string of the molecule is Cc1ccc(Nc2ccc(C(N)=S)c(Br)c2F)cc1Br. The second-order valence-corrected chi connectivity index (χ2v) is 6.33. The predicted octanol–water partition coefficient (Wildman–Crippen LogP) is 5.04. The van der Waals surface area contributed by atoms with Gasteiger partial charge in [0.1, 0.15) is 4.99 Å². The van der Waals surface area contributed by atoms with Gasteiger partial charge in [-0.05, 0) is 52.7 Å². The second-order valence-electron chi connectivity index (χ2n) is 4.24. The lowest BCUT2D eigenvalue weighted by Crippen LogP contribution is -2.11. The van der Waals surface area contributed by atoms with Gasteiger partial charge in [0.05, 0.1) is 10.2 Å². The van der Waals surface area contributed by atoms with Crippen molar-refractivity contribution in [1.29, 1.82) is 0 Å². The molecule has 2 nitrogen and oxygen atoms in total. The molecule has 0 heterocycles. The molecule has 3 N–H and O–H groups in total. The van der Waals surface area contributed by atoms with Crippen molar-refractivity contribution < 1.29 is 4.39 Å². The van der Waals surface area contributed by atoms with E-state index in [4.69, 9.17) is 18.0 Å². The van der Waals surface area contributed by atoms with Gasteiger partial charge in [-0.1, -0.05) is 34.2 Å². The molecule has 0 spiro atoms. The van der Waals surface area contributed by atoms with Gasteiger partial charge in [-0.25, -0.2) is 4.39 Å². The number of thiocarbonyl (C=S) groups is 1. The largest absolute Gasteiger partial charge is 0.389 e. The van der Waals surface area contributed by atoms with Gasteiger partial charge < -0.3 is 11.1 Å². The minimum Gasteiger partial charge on any atom is -0.389 e. The third kappa shape index (κ3) is 3.19. The summed E-state index contributed by atoms with van der Waals surface area (Å²) in [4.78, 5) is 0.153. The normalized spacial score (nSPS) is 10.4. The molecule has 6 heteroatoms. The molecule has 0 atom stereocenters. The van der Waals surface area contributed by atoms with Gasteiger partial charge >= 0.3 is 0 Å². The van der Waals surface area contributed by atoms with Crippen LogP contribution < -0.4 is 11.1 Å². The number of benzene rings is 2. The number of anilines is 2. The molecule has 0 bridgehead atoms. The number of nitrogens with one attached hydrogen (secondary N) is 1. The van der Waals surface area contributed by atoms with Crippen LogP contribution in [0.5, 0.6) is 0 Å². The molecule has 2 aromatic rings. The predicted molar refractivity (Wildman–Crippen MR) is 92.1 cm³/mol. The molecule has 0 aromatic heterocycles. The maximum Gasteiger partial charge on any atom is 0.161 e. The van der Waals surface area contributed by atoms with E-state index < -0.39 is 5.82 Å². The monoisotopic (exact) mass is 416 g/mol. The summed E-state index contributed by atoms with van der Waals surface area (Å²) >= 11 is 11.5. The summed E-state index contributed by atoms with van der Waals surface area (Å²) in [5, 5.41) is 3.03. The first kappa shape index (κ1) is 15.4. The summed E-state index contributed by atoms with van der Waals surface area (Å²) in [5.41, 5.74) is 8.27. The van der Waals surface area contributed by atoms with E-state index >= 15 is 0 Å². The molecule has 0 fully saturated rings. The summed E-state index contributed by atoms with van der Waals surface area (Å²) in [6.07, 6.45) is 0. The molecule has 0 unspecified atom stereocenters. The molecule has 0 amide bonds. The molecule has 0 aliphatic rings. The molecule has 20 heavy (non-hydrogen) atoms. The number of halogens is 3. The highest BCUT2D eigenvalue weighted by atomic mass is 79.9. The Balaban J connectivity index is 2.37. The molecule has 2 aromatic carbocycles. The van der Waals surface area contributed by atoms with Crippen LogP contribution in [0, 0.1) is 12.7 Å². The van der Waals surface area contributed by atoms with Crippen molar-refractivity contribution in [2.75, 3.05) is 5.32 Å². The molecule has 0 aliphatic heterocycles.